The number of carbonyl (C=O) groups is 1. The van der Waals surface area contributed by atoms with Crippen LogP contribution in [0.4, 0.5) is 0 Å². The second kappa shape index (κ2) is 8.13. The van der Waals surface area contributed by atoms with Crippen LogP contribution in [0.3, 0.4) is 0 Å². The van der Waals surface area contributed by atoms with Crippen molar-refractivity contribution < 1.29 is 14.3 Å². The Labute approximate surface area is 123 Å². The molecule has 0 aromatic rings. The largest absolute Gasteiger partial charge is 0.487 e. The highest BCUT2D eigenvalue weighted by molar-refractivity contribution is 5.82. The topological polar surface area (TPSA) is 35.5 Å². The SMILES string of the molecule is CCCC=CC1(CC)CC(CC)C(=CC(=O)OCC)O1. The van der Waals surface area contributed by atoms with Crippen molar-refractivity contribution in [1.82, 2.24) is 0 Å². The molecule has 2 unspecified atom stereocenters. The molecule has 0 aromatic heterocycles. The molecule has 0 aliphatic carbocycles. The number of unbranched alkanes of at least 4 members (excludes halogenated alkanes) is 1. The standard InChI is InChI=1S/C17H28O3/c1-5-9-10-11-17(7-3)13-14(6-2)15(20-17)12-16(18)19-8-4/h10-12,14H,5-9,13H2,1-4H3. The first-order valence-corrected chi connectivity index (χ1v) is 7.85. The Bertz CT molecular complexity index is 370. The van der Waals surface area contributed by atoms with E-state index in [1.165, 1.54) is 6.08 Å². The molecule has 1 saturated heterocycles. The smallest absolute Gasteiger partial charge is 0.334 e. The van der Waals surface area contributed by atoms with E-state index >= 15 is 0 Å². The predicted molar refractivity (Wildman–Crippen MR) is 81.3 cm³/mol. The molecule has 1 rings (SSSR count). The molecule has 114 valence electrons. The zero-order valence-corrected chi connectivity index (χ0v) is 13.3. The summed E-state index contributed by atoms with van der Waals surface area (Å²) >= 11 is 0. The molecule has 0 aromatic carbocycles. The van der Waals surface area contributed by atoms with Gasteiger partial charge in [0.15, 0.2) is 0 Å². The van der Waals surface area contributed by atoms with Crippen LogP contribution in [-0.4, -0.2) is 18.2 Å². The number of hydrogen-bond acceptors (Lipinski definition) is 3. The van der Waals surface area contributed by atoms with E-state index in [9.17, 15) is 4.79 Å². The van der Waals surface area contributed by atoms with E-state index < -0.39 is 0 Å². The van der Waals surface area contributed by atoms with Gasteiger partial charge in [0.05, 0.1) is 12.7 Å². The van der Waals surface area contributed by atoms with E-state index in [1.54, 1.807) is 0 Å². The number of hydrogen-bond donors (Lipinski definition) is 0. The summed E-state index contributed by atoms with van der Waals surface area (Å²) in [5.74, 6) is 0.796. The van der Waals surface area contributed by atoms with Crippen LogP contribution < -0.4 is 0 Å². The number of carbonyl (C=O) groups excluding carboxylic acids is 1. The fourth-order valence-corrected chi connectivity index (χ4v) is 2.57. The molecule has 1 fully saturated rings. The van der Waals surface area contributed by atoms with Crippen LogP contribution in [0.2, 0.25) is 0 Å². The van der Waals surface area contributed by atoms with Crippen molar-refractivity contribution >= 4 is 5.97 Å². The summed E-state index contributed by atoms with van der Waals surface area (Å²) in [5, 5.41) is 0. The lowest BCUT2D eigenvalue weighted by Gasteiger charge is -2.23. The Hall–Kier alpha value is -1.25. The Balaban J connectivity index is 2.86. The highest BCUT2D eigenvalue weighted by atomic mass is 16.5. The van der Waals surface area contributed by atoms with E-state index in [1.807, 2.05) is 6.92 Å². The lowest BCUT2D eigenvalue weighted by atomic mass is 9.89. The third-order valence-electron chi connectivity index (χ3n) is 3.83. The van der Waals surface area contributed by atoms with Gasteiger partial charge in [-0.25, -0.2) is 4.79 Å². The van der Waals surface area contributed by atoms with Gasteiger partial charge in [-0.15, -0.1) is 0 Å². The maximum Gasteiger partial charge on any atom is 0.334 e. The van der Waals surface area contributed by atoms with Gasteiger partial charge in [-0.3, -0.25) is 0 Å². The minimum Gasteiger partial charge on any atom is -0.487 e. The highest BCUT2D eigenvalue weighted by Gasteiger charge is 2.40. The number of allylic oxidation sites excluding steroid dienone is 2. The molecule has 2 atom stereocenters. The first-order chi connectivity index (χ1) is 9.60. The zero-order valence-electron chi connectivity index (χ0n) is 13.3. The predicted octanol–water partition coefficient (Wildman–Crippen LogP) is 4.39. The van der Waals surface area contributed by atoms with E-state index in [2.05, 4.69) is 32.9 Å². The summed E-state index contributed by atoms with van der Waals surface area (Å²) in [6.07, 6.45) is 11.0. The third kappa shape index (κ3) is 4.39. The Morgan fingerprint density at radius 3 is 2.70 bits per heavy atom. The van der Waals surface area contributed by atoms with E-state index in [0.717, 1.165) is 37.9 Å². The quantitative estimate of drug-likeness (QED) is 0.394. The highest BCUT2D eigenvalue weighted by Crippen LogP contribution is 2.42. The first-order valence-electron chi connectivity index (χ1n) is 7.85. The van der Waals surface area contributed by atoms with Crippen molar-refractivity contribution in [1.29, 1.82) is 0 Å². The maximum absolute atomic E-state index is 11.6. The molecule has 1 aliphatic heterocycles. The van der Waals surface area contributed by atoms with Crippen molar-refractivity contribution in [3.8, 4) is 0 Å². The van der Waals surface area contributed by atoms with Gasteiger partial charge in [-0.1, -0.05) is 33.3 Å². The summed E-state index contributed by atoms with van der Waals surface area (Å²) in [4.78, 5) is 11.6. The number of ether oxygens (including phenoxy) is 2. The monoisotopic (exact) mass is 280 g/mol. The van der Waals surface area contributed by atoms with Crippen molar-refractivity contribution in [2.24, 2.45) is 5.92 Å². The van der Waals surface area contributed by atoms with Gasteiger partial charge in [0.25, 0.3) is 0 Å². The lowest BCUT2D eigenvalue weighted by molar-refractivity contribution is -0.137. The van der Waals surface area contributed by atoms with Gasteiger partial charge in [-0.05, 0) is 32.3 Å². The van der Waals surface area contributed by atoms with Gasteiger partial charge in [-0.2, -0.15) is 0 Å². The van der Waals surface area contributed by atoms with Gasteiger partial charge in [0.1, 0.15) is 11.4 Å². The van der Waals surface area contributed by atoms with Gasteiger partial charge in [0, 0.05) is 12.3 Å². The molecule has 20 heavy (non-hydrogen) atoms. The molecule has 0 bridgehead atoms. The Morgan fingerprint density at radius 1 is 1.40 bits per heavy atom. The fourth-order valence-electron chi connectivity index (χ4n) is 2.57. The van der Waals surface area contributed by atoms with Crippen LogP contribution in [0.5, 0.6) is 0 Å². The maximum atomic E-state index is 11.6. The van der Waals surface area contributed by atoms with E-state index in [0.29, 0.717) is 12.5 Å². The first kappa shape index (κ1) is 16.8. The molecule has 0 radical (unpaired) electrons. The average Bonchev–Trinajstić information content (AvgIpc) is 2.78. The van der Waals surface area contributed by atoms with Crippen LogP contribution in [0, 0.1) is 5.92 Å². The molecule has 1 aliphatic rings. The van der Waals surface area contributed by atoms with Gasteiger partial charge in [0.2, 0.25) is 0 Å². The summed E-state index contributed by atoms with van der Waals surface area (Å²) in [6.45, 7) is 8.64. The molecule has 3 heteroatoms. The number of rotatable bonds is 7. The van der Waals surface area contributed by atoms with Crippen LogP contribution in [0.25, 0.3) is 0 Å². The van der Waals surface area contributed by atoms with Gasteiger partial charge < -0.3 is 9.47 Å². The Kier molecular flexibility index (Phi) is 6.83. The summed E-state index contributed by atoms with van der Waals surface area (Å²) in [5.41, 5.74) is -0.242. The van der Waals surface area contributed by atoms with E-state index in [4.69, 9.17) is 9.47 Å². The van der Waals surface area contributed by atoms with Crippen LogP contribution in [-0.2, 0) is 14.3 Å². The minimum atomic E-state index is -0.301. The molecule has 0 amide bonds. The minimum absolute atomic E-state index is 0.242. The normalized spacial score (nSPS) is 28.0. The Morgan fingerprint density at radius 2 is 2.15 bits per heavy atom. The summed E-state index contributed by atoms with van der Waals surface area (Å²) in [7, 11) is 0. The molecule has 0 N–H and O–H groups in total. The van der Waals surface area contributed by atoms with Gasteiger partial charge >= 0.3 is 5.97 Å². The molecular weight excluding hydrogens is 252 g/mol. The molecular formula is C17H28O3. The molecule has 0 saturated carbocycles. The van der Waals surface area contributed by atoms with Crippen molar-refractivity contribution in [3.63, 3.8) is 0 Å². The van der Waals surface area contributed by atoms with Crippen molar-refractivity contribution in [2.45, 2.75) is 65.4 Å². The molecule has 1 heterocycles. The summed E-state index contributed by atoms with van der Waals surface area (Å²) < 4.78 is 11.1. The second-order valence-corrected chi connectivity index (χ2v) is 5.32. The van der Waals surface area contributed by atoms with Crippen LogP contribution >= 0.6 is 0 Å². The number of esters is 1. The molecule has 3 nitrogen and oxygen atoms in total. The van der Waals surface area contributed by atoms with Crippen molar-refractivity contribution in [2.75, 3.05) is 6.61 Å². The van der Waals surface area contributed by atoms with Crippen LogP contribution in [0.15, 0.2) is 24.0 Å². The second-order valence-electron chi connectivity index (χ2n) is 5.32. The fraction of sp³-hybridized carbons (Fsp3) is 0.706. The molecule has 0 spiro atoms. The third-order valence-corrected chi connectivity index (χ3v) is 3.83. The van der Waals surface area contributed by atoms with E-state index in [-0.39, 0.29) is 11.6 Å². The summed E-state index contributed by atoms with van der Waals surface area (Å²) in [6, 6.07) is 0. The van der Waals surface area contributed by atoms with Crippen LogP contribution in [0.1, 0.15) is 59.8 Å². The zero-order chi connectivity index (χ0) is 15.0. The lowest BCUT2D eigenvalue weighted by Crippen LogP contribution is -2.23. The average molecular weight is 280 g/mol. The van der Waals surface area contributed by atoms with Crippen molar-refractivity contribution in [3.05, 3.63) is 24.0 Å².